The number of piperazine rings is 1. The van der Waals surface area contributed by atoms with Crippen LogP contribution in [0.1, 0.15) is 31.0 Å². The number of hydrogen-bond donors (Lipinski definition) is 1. The highest BCUT2D eigenvalue weighted by molar-refractivity contribution is 9.10. The van der Waals surface area contributed by atoms with Crippen molar-refractivity contribution in [2.75, 3.05) is 19.6 Å². The largest absolute Gasteiger partial charge is 0.508 e. The molecule has 1 aromatic heterocycles. The van der Waals surface area contributed by atoms with E-state index in [1.807, 2.05) is 30.5 Å². The summed E-state index contributed by atoms with van der Waals surface area (Å²) in [6.45, 7) is 11.3. The fourth-order valence-corrected chi connectivity index (χ4v) is 4.06. The van der Waals surface area contributed by atoms with Crippen molar-refractivity contribution in [1.29, 1.82) is 0 Å². The van der Waals surface area contributed by atoms with E-state index in [4.69, 9.17) is 0 Å². The highest BCUT2D eigenvalue weighted by atomic mass is 79.9. The number of rotatable bonds is 5. The summed E-state index contributed by atoms with van der Waals surface area (Å²) in [5, 5.41) is 10.0. The lowest BCUT2D eigenvalue weighted by atomic mass is 9.94. The Morgan fingerprint density at radius 2 is 2.04 bits per heavy atom. The SMILES string of the molecule is C=CCN1C[C@H](C)N([C@@H](c2ccc(Br)nc2)c2cccc(O)c2)C[C@H]1C. The number of aromatic nitrogens is 1. The van der Waals surface area contributed by atoms with Crippen LogP contribution in [0.25, 0.3) is 0 Å². The first kappa shape index (κ1) is 19.1. The molecule has 26 heavy (non-hydrogen) atoms. The Morgan fingerprint density at radius 1 is 1.23 bits per heavy atom. The second-order valence-electron chi connectivity index (χ2n) is 7.05. The van der Waals surface area contributed by atoms with Gasteiger partial charge in [-0.3, -0.25) is 9.80 Å². The van der Waals surface area contributed by atoms with Crippen LogP contribution in [0.5, 0.6) is 5.75 Å². The van der Waals surface area contributed by atoms with Gasteiger partial charge in [-0.25, -0.2) is 4.98 Å². The van der Waals surface area contributed by atoms with Gasteiger partial charge in [0.1, 0.15) is 10.4 Å². The molecule has 1 aromatic carbocycles. The van der Waals surface area contributed by atoms with Crippen LogP contribution in [0, 0.1) is 0 Å². The fraction of sp³-hybridized carbons (Fsp3) is 0.381. The predicted octanol–water partition coefficient (Wildman–Crippen LogP) is 4.22. The average molecular weight is 416 g/mol. The Labute approximate surface area is 164 Å². The third-order valence-corrected chi connectivity index (χ3v) is 5.58. The Hall–Kier alpha value is -1.69. The maximum atomic E-state index is 10.0. The second-order valence-corrected chi connectivity index (χ2v) is 7.86. The van der Waals surface area contributed by atoms with Crippen LogP contribution in [0.3, 0.4) is 0 Å². The summed E-state index contributed by atoms with van der Waals surface area (Å²) in [6, 6.07) is 12.5. The molecule has 3 atom stereocenters. The number of phenolic OH excluding ortho intramolecular Hbond substituents is 1. The van der Waals surface area contributed by atoms with Gasteiger partial charge in [-0.05, 0) is 59.1 Å². The summed E-state index contributed by atoms with van der Waals surface area (Å²) in [4.78, 5) is 9.42. The summed E-state index contributed by atoms with van der Waals surface area (Å²) in [5.74, 6) is 0.295. The summed E-state index contributed by atoms with van der Waals surface area (Å²) < 4.78 is 0.827. The lowest BCUT2D eigenvalue weighted by Gasteiger charge is -2.47. The van der Waals surface area contributed by atoms with E-state index in [0.29, 0.717) is 17.8 Å². The van der Waals surface area contributed by atoms with Crippen molar-refractivity contribution in [2.45, 2.75) is 32.0 Å². The minimum Gasteiger partial charge on any atom is -0.508 e. The molecular weight excluding hydrogens is 390 g/mol. The molecule has 4 nitrogen and oxygen atoms in total. The van der Waals surface area contributed by atoms with Crippen molar-refractivity contribution in [2.24, 2.45) is 0 Å². The van der Waals surface area contributed by atoms with Crippen LogP contribution in [-0.4, -0.2) is 51.6 Å². The molecule has 0 aliphatic carbocycles. The summed E-state index contributed by atoms with van der Waals surface area (Å²) in [7, 11) is 0. The van der Waals surface area contributed by atoms with Crippen LogP contribution in [0.4, 0.5) is 0 Å². The van der Waals surface area contributed by atoms with Crippen LogP contribution >= 0.6 is 15.9 Å². The van der Waals surface area contributed by atoms with Gasteiger partial charge in [-0.2, -0.15) is 0 Å². The first-order valence-electron chi connectivity index (χ1n) is 9.00. The molecule has 0 unspecified atom stereocenters. The molecule has 0 radical (unpaired) electrons. The molecule has 3 rings (SSSR count). The average Bonchev–Trinajstić information content (AvgIpc) is 2.61. The molecule has 138 valence electrons. The second kappa shape index (κ2) is 8.33. The van der Waals surface area contributed by atoms with Gasteiger partial charge in [0.15, 0.2) is 0 Å². The van der Waals surface area contributed by atoms with Crippen LogP contribution in [-0.2, 0) is 0 Å². The Morgan fingerprint density at radius 3 is 2.69 bits per heavy atom. The molecule has 0 amide bonds. The normalized spacial score (nSPS) is 22.9. The fourth-order valence-electron chi connectivity index (χ4n) is 3.82. The van der Waals surface area contributed by atoms with Crippen LogP contribution < -0.4 is 0 Å². The molecule has 0 bridgehead atoms. The molecule has 1 saturated heterocycles. The van der Waals surface area contributed by atoms with Gasteiger partial charge in [0.25, 0.3) is 0 Å². The Bertz CT molecular complexity index is 749. The van der Waals surface area contributed by atoms with Crippen molar-refractivity contribution in [3.8, 4) is 5.75 Å². The zero-order valence-electron chi connectivity index (χ0n) is 15.3. The Kier molecular flexibility index (Phi) is 6.12. The smallest absolute Gasteiger partial charge is 0.115 e. The number of phenols is 1. The number of halogens is 1. The highest BCUT2D eigenvalue weighted by Crippen LogP contribution is 2.34. The van der Waals surface area contributed by atoms with E-state index in [9.17, 15) is 5.11 Å². The molecule has 2 aromatic rings. The number of pyridine rings is 1. The van der Waals surface area contributed by atoms with Gasteiger partial charge in [-0.1, -0.05) is 24.3 Å². The molecule has 1 aliphatic rings. The number of aromatic hydroxyl groups is 1. The van der Waals surface area contributed by atoms with Crippen LogP contribution in [0.2, 0.25) is 0 Å². The summed E-state index contributed by atoms with van der Waals surface area (Å²) in [5.41, 5.74) is 2.22. The van der Waals surface area contributed by atoms with Crippen molar-refractivity contribution in [3.05, 3.63) is 71.0 Å². The molecule has 0 saturated carbocycles. The first-order valence-corrected chi connectivity index (χ1v) is 9.80. The minimum atomic E-state index is 0.0611. The van der Waals surface area contributed by atoms with Crippen LogP contribution in [0.15, 0.2) is 59.9 Å². The monoisotopic (exact) mass is 415 g/mol. The quantitative estimate of drug-likeness (QED) is 0.585. The molecule has 1 N–H and O–H groups in total. The maximum absolute atomic E-state index is 10.0. The predicted molar refractivity (Wildman–Crippen MR) is 109 cm³/mol. The van der Waals surface area contributed by atoms with E-state index in [2.05, 4.69) is 63.3 Å². The van der Waals surface area contributed by atoms with Crippen molar-refractivity contribution in [3.63, 3.8) is 0 Å². The minimum absolute atomic E-state index is 0.0611. The lowest BCUT2D eigenvalue weighted by molar-refractivity contribution is 0.0305. The number of nitrogens with zero attached hydrogens (tertiary/aromatic N) is 3. The van der Waals surface area contributed by atoms with E-state index >= 15 is 0 Å². The third kappa shape index (κ3) is 4.17. The van der Waals surface area contributed by atoms with Crippen molar-refractivity contribution >= 4 is 15.9 Å². The zero-order chi connectivity index (χ0) is 18.7. The standard InChI is InChI=1S/C21H26BrN3O/c1-4-10-24-13-16(3)25(14-15(24)2)21(17-6-5-7-19(26)11-17)18-8-9-20(22)23-12-18/h4-9,11-12,15-16,21,26H,1,10,13-14H2,2-3H3/t15-,16+,21-/m1/s1. The molecule has 2 heterocycles. The molecule has 5 heteroatoms. The van der Waals surface area contributed by atoms with Gasteiger partial charge in [0, 0.05) is 37.9 Å². The van der Waals surface area contributed by atoms with Gasteiger partial charge in [0.2, 0.25) is 0 Å². The summed E-state index contributed by atoms with van der Waals surface area (Å²) in [6.07, 6.45) is 3.90. The molecule has 1 aliphatic heterocycles. The van der Waals surface area contributed by atoms with Gasteiger partial charge in [0.05, 0.1) is 6.04 Å². The van der Waals surface area contributed by atoms with E-state index in [0.717, 1.165) is 35.4 Å². The zero-order valence-corrected chi connectivity index (χ0v) is 16.9. The van der Waals surface area contributed by atoms with E-state index < -0.39 is 0 Å². The maximum Gasteiger partial charge on any atom is 0.115 e. The number of hydrogen-bond acceptors (Lipinski definition) is 4. The highest BCUT2D eigenvalue weighted by Gasteiger charge is 2.34. The van der Waals surface area contributed by atoms with E-state index in [1.165, 1.54) is 0 Å². The first-order chi connectivity index (χ1) is 12.5. The van der Waals surface area contributed by atoms with Crippen molar-refractivity contribution in [1.82, 2.24) is 14.8 Å². The van der Waals surface area contributed by atoms with Gasteiger partial charge < -0.3 is 5.11 Å². The molecule has 0 spiro atoms. The van der Waals surface area contributed by atoms with E-state index in [-0.39, 0.29) is 6.04 Å². The molecular formula is C21H26BrN3O. The lowest BCUT2D eigenvalue weighted by Crippen LogP contribution is -2.57. The topological polar surface area (TPSA) is 39.6 Å². The molecule has 1 fully saturated rings. The third-order valence-electron chi connectivity index (χ3n) is 5.11. The van der Waals surface area contributed by atoms with E-state index in [1.54, 1.807) is 6.07 Å². The number of benzene rings is 1. The van der Waals surface area contributed by atoms with Crippen molar-refractivity contribution < 1.29 is 5.11 Å². The summed E-state index contributed by atoms with van der Waals surface area (Å²) >= 11 is 3.42. The van der Waals surface area contributed by atoms with Gasteiger partial charge >= 0.3 is 0 Å². The Balaban J connectivity index is 1.98. The van der Waals surface area contributed by atoms with Gasteiger partial charge in [-0.15, -0.1) is 6.58 Å².